The summed E-state index contributed by atoms with van der Waals surface area (Å²) in [5.41, 5.74) is 6.27. The van der Waals surface area contributed by atoms with Gasteiger partial charge in [0.2, 0.25) is 0 Å². The number of rotatable bonds is 3. The standard InChI is InChI=1S/C21H27NO2/c1-14(10-17-12-16(13-23)22-24-17)15-6-7-18-19(11-15)21(4,5)9-8-20(18,2)3/h6-7,10-12,23H,8-9,13H2,1-5H3/b14-10-. The zero-order valence-electron chi connectivity index (χ0n) is 15.3. The second-order valence-corrected chi connectivity index (χ2v) is 8.23. The van der Waals surface area contributed by atoms with E-state index in [-0.39, 0.29) is 17.4 Å². The maximum Gasteiger partial charge on any atom is 0.160 e. The minimum Gasteiger partial charge on any atom is -0.390 e. The van der Waals surface area contributed by atoms with E-state index in [1.54, 1.807) is 6.07 Å². The molecule has 128 valence electrons. The molecule has 2 aromatic rings. The summed E-state index contributed by atoms with van der Waals surface area (Å²) < 4.78 is 5.25. The number of aliphatic hydroxyl groups is 1. The van der Waals surface area contributed by atoms with E-state index >= 15 is 0 Å². The van der Waals surface area contributed by atoms with Gasteiger partial charge in [0.15, 0.2) is 5.76 Å². The number of fused-ring (bicyclic) bond motifs is 1. The molecule has 1 aromatic heterocycles. The molecule has 0 saturated carbocycles. The molecule has 3 rings (SSSR count). The van der Waals surface area contributed by atoms with Gasteiger partial charge < -0.3 is 9.63 Å². The van der Waals surface area contributed by atoms with Crippen LogP contribution >= 0.6 is 0 Å². The molecule has 0 unspecified atom stereocenters. The summed E-state index contributed by atoms with van der Waals surface area (Å²) in [6.07, 6.45) is 4.42. The van der Waals surface area contributed by atoms with Gasteiger partial charge in [-0.25, -0.2) is 0 Å². The minimum absolute atomic E-state index is 0.0987. The largest absolute Gasteiger partial charge is 0.390 e. The monoisotopic (exact) mass is 325 g/mol. The van der Waals surface area contributed by atoms with Crippen LogP contribution in [0.1, 0.15) is 75.6 Å². The Morgan fingerprint density at radius 1 is 1.12 bits per heavy atom. The molecular formula is C21H27NO2. The maximum atomic E-state index is 9.10. The van der Waals surface area contributed by atoms with E-state index in [9.17, 15) is 0 Å². The summed E-state index contributed by atoms with van der Waals surface area (Å²) in [6, 6.07) is 8.61. The average Bonchev–Trinajstić information content (AvgIpc) is 2.99. The Morgan fingerprint density at radius 2 is 1.79 bits per heavy atom. The molecule has 1 aromatic carbocycles. The van der Waals surface area contributed by atoms with Crippen molar-refractivity contribution in [1.82, 2.24) is 5.16 Å². The molecule has 0 spiro atoms. The van der Waals surface area contributed by atoms with Crippen LogP contribution < -0.4 is 0 Å². The third-order valence-electron chi connectivity index (χ3n) is 5.41. The normalized spacial score (nSPS) is 19.2. The molecule has 0 saturated heterocycles. The Bertz CT molecular complexity index is 781. The van der Waals surface area contributed by atoms with Crippen LogP contribution in [-0.2, 0) is 17.4 Å². The van der Waals surface area contributed by atoms with Gasteiger partial charge in [-0.15, -0.1) is 0 Å². The van der Waals surface area contributed by atoms with Gasteiger partial charge >= 0.3 is 0 Å². The lowest BCUT2D eigenvalue weighted by molar-refractivity contribution is 0.266. The number of hydrogen-bond donors (Lipinski definition) is 1. The third kappa shape index (κ3) is 3.05. The first-order valence-electron chi connectivity index (χ1n) is 8.63. The molecule has 1 heterocycles. The van der Waals surface area contributed by atoms with Crippen molar-refractivity contribution in [2.24, 2.45) is 0 Å². The van der Waals surface area contributed by atoms with Gasteiger partial charge in [-0.3, -0.25) is 0 Å². The predicted molar refractivity (Wildman–Crippen MR) is 97.7 cm³/mol. The first-order valence-corrected chi connectivity index (χ1v) is 8.63. The maximum absolute atomic E-state index is 9.10. The quantitative estimate of drug-likeness (QED) is 0.856. The number of hydrogen-bond acceptors (Lipinski definition) is 3. The van der Waals surface area contributed by atoms with Crippen molar-refractivity contribution in [3.8, 4) is 0 Å². The number of benzene rings is 1. The van der Waals surface area contributed by atoms with Crippen LogP contribution in [0.3, 0.4) is 0 Å². The topological polar surface area (TPSA) is 46.3 Å². The minimum atomic E-state index is -0.0987. The smallest absolute Gasteiger partial charge is 0.160 e. The Hall–Kier alpha value is -1.87. The average molecular weight is 325 g/mol. The molecule has 1 aliphatic rings. The van der Waals surface area contributed by atoms with Gasteiger partial charge in [-0.2, -0.15) is 0 Å². The predicted octanol–water partition coefficient (Wildman–Crippen LogP) is 5.08. The van der Waals surface area contributed by atoms with Crippen LogP contribution in [0, 0.1) is 0 Å². The summed E-state index contributed by atoms with van der Waals surface area (Å²) in [5.74, 6) is 0.675. The Kier molecular flexibility index (Phi) is 4.16. The van der Waals surface area contributed by atoms with Crippen LogP contribution in [0.5, 0.6) is 0 Å². The molecule has 0 radical (unpaired) electrons. The molecule has 1 N–H and O–H groups in total. The molecule has 3 nitrogen and oxygen atoms in total. The van der Waals surface area contributed by atoms with Gasteiger partial charge in [-0.1, -0.05) is 51.1 Å². The van der Waals surface area contributed by atoms with E-state index in [0.717, 1.165) is 5.57 Å². The molecule has 1 aliphatic carbocycles. The molecule has 24 heavy (non-hydrogen) atoms. The van der Waals surface area contributed by atoms with E-state index in [1.165, 1.54) is 29.5 Å². The summed E-state index contributed by atoms with van der Waals surface area (Å²) in [6.45, 7) is 11.4. The van der Waals surface area contributed by atoms with Gasteiger partial charge in [0.05, 0.1) is 6.61 Å². The second-order valence-electron chi connectivity index (χ2n) is 8.23. The van der Waals surface area contributed by atoms with Gasteiger partial charge in [0.25, 0.3) is 0 Å². The number of aromatic nitrogens is 1. The lowest BCUT2D eigenvalue weighted by atomic mass is 9.63. The van der Waals surface area contributed by atoms with Gasteiger partial charge in [0.1, 0.15) is 5.69 Å². The molecule has 0 atom stereocenters. The van der Waals surface area contributed by atoms with Crippen molar-refractivity contribution in [3.05, 3.63) is 52.4 Å². The lowest BCUT2D eigenvalue weighted by Crippen LogP contribution is -2.33. The third-order valence-corrected chi connectivity index (χ3v) is 5.41. The summed E-state index contributed by atoms with van der Waals surface area (Å²) in [4.78, 5) is 0. The fourth-order valence-corrected chi connectivity index (χ4v) is 3.60. The number of nitrogens with zero attached hydrogens (tertiary/aromatic N) is 1. The molecule has 0 amide bonds. The van der Waals surface area contributed by atoms with Crippen molar-refractivity contribution < 1.29 is 9.63 Å². The van der Waals surface area contributed by atoms with Crippen molar-refractivity contribution in [3.63, 3.8) is 0 Å². The zero-order chi connectivity index (χ0) is 17.5. The highest BCUT2D eigenvalue weighted by atomic mass is 16.5. The number of aliphatic hydroxyl groups excluding tert-OH is 1. The highest BCUT2D eigenvalue weighted by molar-refractivity contribution is 5.79. The van der Waals surface area contributed by atoms with Crippen molar-refractivity contribution in [2.75, 3.05) is 0 Å². The first kappa shape index (κ1) is 17.0. The molecular weight excluding hydrogens is 298 g/mol. The van der Waals surface area contributed by atoms with Crippen molar-refractivity contribution in [2.45, 2.75) is 64.9 Å². The fraction of sp³-hybridized carbons (Fsp3) is 0.476. The van der Waals surface area contributed by atoms with Crippen molar-refractivity contribution in [1.29, 1.82) is 0 Å². The van der Waals surface area contributed by atoms with Crippen LogP contribution in [0.15, 0.2) is 28.8 Å². The van der Waals surface area contributed by atoms with Crippen molar-refractivity contribution >= 4 is 11.6 Å². The molecule has 0 fully saturated rings. The van der Waals surface area contributed by atoms with Crippen LogP contribution in [0.25, 0.3) is 11.6 Å². The van der Waals surface area contributed by atoms with E-state index in [4.69, 9.17) is 9.63 Å². The number of allylic oxidation sites excluding steroid dienone is 1. The fourth-order valence-electron chi connectivity index (χ4n) is 3.60. The highest BCUT2D eigenvalue weighted by Gasteiger charge is 2.36. The Morgan fingerprint density at radius 3 is 2.42 bits per heavy atom. The van der Waals surface area contributed by atoms with E-state index in [0.29, 0.717) is 11.5 Å². The molecule has 0 aliphatic heterocycles. The first-order chi connectivity index (χ1) is 11.2. The molecule has 3 heteroatoms. The Balaban J connectivity index is 2.01. The van der Waals surface area contributed by atoms with Crippen LogP contribution in [-0.4, -0.2) is 10.3 Å². The van der Waals surface area contributed by atoms with Gasteiger partial charge in [-0.05, 0) is 58.9 Å². The zero-order valence-corrected chi connectivity index (χ0v) is 15.3. The Labute approximate surface area is 144 Å². The van der Waals surface area contributed by atoms with Crippen LogP contribution in [0.4, 0.5) is 0 Å². The van der Waals surface area contributed by atoms with Gasteiger partial charge in [0, 0.05) is 6.07 Å². The lowest BCUT2D eigenvalue weighted by Gasteiger charge is -2.42. The summed E-state index contributed by atoms with van der Waals surface area (Å²) >= 11 is 0. The van der Waals surface area contributed by atoms with E-state index in [2.05, 4.69) is 58.0 Å². The highest BCUT2D eigenvalue weighted by Crippen LogP contribution is 2.46. The van der Waals surface area contributed by atoms with Crippen LogP contribution in [0.2, 0.25) is 0 Å². The summed E-state index contributed by atoms with van der Waals surface area (Å²) in [7, 11) is 0. The summed E-state index contributed by atoms with van der Waals surface area (Å²) in [5, 5.41) is 12.9. The SMILES string of the molecule is C/C(=C/c1cc(CO)no1)c1ccc2c(c1)C(C)(C)CCC2(C)C. The molecule has 0 bridgehead atoms. The second kappa shape index (κ2) is 5.89. The van der Waals surface area contributed by atoms with E-state index < -0.39 is 0 Å². The van der Waals surface area contributed by atoms with E-state index in [1.807, 2.05) is 6.08 Å².